The highest BCUT2D eigenvalue weighted by atomic mass is 19.1. The molecule has 1 atom stereocenters. The molecular formula is C37H41FN2O2. The molecular weight excluding hydrogens is 523 g/mol. The number of carbonyl (C=O) groups is 1. The lowest BCUT2D eigenvalue weighted by atomic mass is 9.90. The third-order valence-electron chi connectivity index (χ3n) is 8.36. The normalized spacial score (nSPS) is 15.2. The van der Waals surface area contributed by atoms with Crippen LogP contribution in [0.4, 0.5) is 4.39 Å². The molecule has 4 aromatic rings. The maximum atomic E-state index is 13.4. The van der Waals surface area contributed by atoms with Gasteiger partial charge >= 0.3 is 0 Å². The van der Waals surface area contributed by atoms with Crippen LogP contribution < -0.4 is 4.74 Å². The van der Waals surface area contributed by atoms with Crippen LogP contribution in [0.15, 0.2) is 109 Å². The third-order valence-corrected chi connectivity index (χ3v) is 8.36. The van der Waals surface area contributed by atoms with Gasteiger partial charge in [0.25, 0.3) is 0 Å². The van der Waals surface area contributed by atoms with Gasteiger partial charge in [0, 0.05) is 43.6 Å². The van der Waals surface area contributed by atoms with Crippen LogP contribution in [-0.4, -0.2) is 55.4 Å². The lowest BCUT2D eigenvalue weighted by Crippen LogP contribution is -2.40. The first-order chi connectivity index (χ1) is 20.5. The first-order valence-corrected chi connectivity index (χ1v) is 15.0. The zero-order valence-electron chi connectivity index (χ0n) is 24.7. The molecule has 4 nitrogen and oxygen atoms in total. The Labute approximate surface area is 249 Å². The number of ether oxygens (including phenoxy) is 1. The summed E-state index contributed by atoms with van der Waals surface area (Å²) < 4.78 is 19.8. The fourth-order valence-corrected chi connectivity index (χ4v) is 6.00. The second-order valence-electron chi connectivity index (χ2n) is 11.5. The number of hydrogen-bond donors (Lipinski definition) is 0. The van der Waals surface area contributed by atoms with E-state index in [0.29, 0.717) is 24.3 Å². The number of ketones is 1. The highest BCUT2D eigenvalue weighted by Gasteiger charge is 2.25. The summed E-state index contributed by atoms with van der Waals surface area (Å²) in [6, 6.07) is 35.8. The molecule has 0 saturated carbocycles. The molecule has 5 heteroatoms. The minimum absolute atomic E-state index is 0.0440. The van der Waals surface area contributed by atoms with Crippen molar-refractivity contribution in [3.8, 4) is 5.75 Å². The van der Waals surface area contributed by atoms with Crippen LogP contribution >= 0.6 is 0 Å². The van der Waals surface area contributed by atoms with Gasteiger partial charge in [0.15, 0.2) is 5.78 Å². The average molecular weight is 565 g/mol. The van der Waals surface area contributed by atoms with Crippen LogP contribution in [0, 0.1) is 5.82 Å². The predicted molar refractivity (Wildman–Crippen MR) is 168 cm³/mol. The standard InChI is InChI=1S/C37H41FN2O2/c1-39(2)36(30-16-18-32(38)19-17-30)20-21-37(41)31-14-9-15-34(26-31)42-33-22-24-40(25-23-33)27-35(28-10-5-3-6-11-28)29-12-7-4-8-13-29/h3-19,26,33,35-36H,20-25,27H2,1-2H3. The number of halogens is 1. The van der Waals surface area contributed by atoms with E-state index in [2.05, 4.69) is 70.5 Å². The number of nitrogens with zero attached hydrogens (tertiary/aromatic N) is 2. The van der Waals surface area contributed by atoms with Crippen molar-refractivity contribution in [2.75, 3.05) is 33.7 Å². The zero-order chi connectivity index (χ0) is 29.3. The van der Waals surface area contributed by atoms with E-state index in [0.717, 1.165) is 43.8 Å². The van der Waals surface area contributed by atoms with Crippen LogP contribution in [-0.2, 0) is 0 Å². The largest absolute Gasteiger partial charge is 0.490 e. The Morgan fingerprint density at radius 3 is 2.05 bits per heavy atom. The molecule has 1 fully saturated rings. The van der Waals surface area contributed by atoms with E-state index in [1.807, 2.05) is 38.4 Å². The van der Waals surface area contributed by atoms with E-state index in [1.165, 1.54) is 23.3 Å². The highest BCUT2D eigenvalue weighted by Crippen LogP contribution is 2.29. The first-order valence-electron chi connectivity index (χ1n) is 15.0. The molecule has 0 N–H and O–H groups in total. The lowest BCUT2D eigenvalue weighted by molar-refractivity contribution is 0.0953. The third kappa shape index (κ3) is 7.93. The molecule has 0 amide bonds. The first kappa shape index (κ1) is 29.7. The van der Waals surface area contributed by atoms with E-state index >= 15 is 0 Å². The van der Waals surface area contributed by atoms with Crippen LogP contribution in [0.5, 0.6) is 5.75 Å². The van der Waals surface area contributed by atoms with Crippen molar-refractivity contribution in [3.05, 3.63) is 137 Å². The Morgan fingerprint density at radius 2 is 1.45 bits per heavy atom. The van der Waals surface area contributed by atoms with E-state index < -0.39 is 0 Å². The molecule has 0 bridgehead atoms. The van der Waals surface area contributed by atoms with Crippen LogP contribution in [0.25, 0.3) is 0 Å². The van der Waals surface area contributed by atoms with Gasteiger partial charge in [0.1, 0.15) is 17.7 Å². The number of rotatable bonds is 12. The fourth-order valence-electron chi connectivity index (χ4n) is 6.00. The SMILES string of the molecule is CN(C)C(CCC(=O)c1cccc(OC2CCN(CC(c3ccccc3)c3ccccc3)CC2)c1)c1ccc(F)cc1. The van der Waals surface area contributed by atoms with E-state index in [9.17, 15) is 9.18 Å². The molecule has 0 radical (unpaired) electrons. The quantitative estimate of drug-likeness (QED) is 0.165. The van der Waals surface area contributed by atoms with E-state index in [-0.39, 0.29) is 23.7 Å². The van der Waals surface area contributed by atoms with Gasteiger partial charge in [-0.3, -0.25) is 4.79 Å². The van der Waals surface area contributed by atoms with Gasteiger partial charge in [0.2, 0.25) is 0 Å². The van der Waals surface area contributed by atoms with E-state index in [4.69, 9.17) is 4.74 Å². The average Bonchev–Trinajstić information content (AvgIpc) is 3.02. The van der Waals surface area contributed by atoms with Gasteiger partial charge in [-0.15, -0.1) is 0 Å². The lowest BCUT2D eigenvalue weighted by Gasteiger charge is -2.34. The molecule has 1 unspecified atom stereocenters. The molecule has 1 aliphatic rings. The zero-order valence-corrected chi connectivity index (χ0v) is 24.7. The van der Waals surface area contributed by atoms with Crippen molar-refractivity contribution in [2.24, 2.45) is 0 Å². The molecule has 4 aromatic carbocycles. The van der Waals surface area contributed by atoms with Gasteiger partial charge < -0.3 is 14.5 Å². The second-order valence-corrected chi connectivity index (χ2v) is 11.5. The minimum Gasteiger partial charge on any atom is -0.490 e. The maximum absolute atomic E-state index is 13.4. The molecule has 5 rings (SSSR count). The molecule has 0 aromatic heterocycles. The Bertz CT molecular complexity index is 1360. The summed E-state index contributed by atoms with van der Waals surface area (Å²) >= 11 is 0. The highest BCUT2D eigenvalue weighted by molar-refractivity contribution is 5.96. The molecule has 0 aliphatic carbocycles. The molecule has 1 heterocycles. The number of piperidine rings is 1. The van der Waals surface area contributed by atoms with E-state index in [1.54, 1.807) is 12.1 Å². The van der Waals surface area contributed by atoms with Crippen LogP contribution in [0.1, 0.15) is 64.7 Å². The summed E-state index contributed by atoms with van der Waals surface area (Å²) in [6.45, 7) is 2.94. The Morgan fingerprint density at radius 1 is 0.833 bits per heavy atom. The van der Waals surface area contributed by atoms with Crippen molar-refractivity contribution in [1.82, 2.24) is 9.80 Å². The summed E-state index contributed by atoms with van der Waals surface area (Å²) in [5.74, 6) is 0.937. The maximum Gasteiger partial charge on any atom is 0.163 e. The van der Waals surface area contributed by atoms with Crippen molar-refractivity contribution in [3.63, 3.8) is 0 Å². The molecule has 218 valence electrons. The number of Topliss-reactive ketones (excluding diaryl/α,β-unsaturated/α-hetero) is 1. The molecule has 0 spiro atoms. The topological polar surface area (TPSA) is 32.8 Å². The van der Waals surface area contributed by atoms with Gasteiger partial charge in [0.05, 0.1) is 0 Å². The molecule has 42 heavy (non-hydrogen) atoms. The predicted octanol–water partition coefficient (Wildman–Crippen LogP) is 7.77. The smallest absolute Gasteiger partial charge is 0.163 e. The number of benzene rings is 4. The number of hydrogen-bond acceptors (Lipinski definition) is 4. The fraction of sp³-hybridized carbons (Fsp3) is 0.324. The Balaban J connectivity index is 1.15. The summed E-state index contributed by atoms with van der Waals surface area (Å²) in [6.07, 6.45) is 3.11. The number of likely N-dealkylation sites (tertiary alicyclic amines) is 1. The van der Waals surface area contributed by atoms with Gasteiger partial charge in [-0.25, -0.2) is 4.39 Å². The summed E-state index contributed by atoms with van der Waals surface area (Å²) in [7, 11) is 3.98. The summed E-state index contributed by atoms with van der Waals surface area (Å²) in [4.78, 5) is 17.8. The summed E-state index contributed by atoms with van der Waals surface area (Å²) in [5, 5.41) is 0. The van der Waals surface area contributed by atoms with Crippen LogP contribution in [0.2, 0.25) is 0 Å². The number of carbonyl (C=O) groups excluding carboxylic acids is 1. The minimum atomic E-state index is -0.251. The Hall–Kier alpha value is -3.80. The van der Waals surface area contributed by atoms with Crippen molar-refractivity contribution in [2.45, 2.75) is 43.7 Å². The van der Waals surface area contributed by atoms with Gasteiger partial charge in [-0.05, 0) is 74.3 Å². The monoisotopic (exact) mass is 564 g/mol. The van der Waals surface area contributed by atoms with Gasteiger partial charge in [-0.2, -0.15) is 0 Å². The van der Waals surface area contributed by atoms with Crippen LogP contribution in [0.3, 0.4) is 0 Å². The summed E-state index contributed by atoms with van der Waals surface area (Å²) in [5.41, 5.74) is 4.38. The van der Waals surface area contributed by atoms with Crippen molar-refractivity contribution < 1.29 is 13.9 Å². The van der Waals surface area contributed by atoms with Gasteiger partial charge in [-0.1, -0.05) is 84.9 Å². The van der Waals surface area contributed by atoms with Crippen molar-refractivity contribution >= 4 is 5.78 Å². The van der Waals surface area contributed by atoms with Crippen molar-refractivity contribution in [1.29, 1.82) is 0 Å². The Kier molecular flexibility index (Phi) is 10.2. The molecule has 1 aliphatic heterocycles. The second kappa shape index (κ2) is 14.4. The molecule has 1 saturated heterocycles.